The summed E-state index contributed by atoms with van der Waals surface area (Å²) in [4.78, 5) is 38.3. The second-order valence-corrected chi connectivity index (χ2v) is 5.76. The Labute approximate surface area is 156 Å². The van der Waals surface area contributed by atoms with E-state index in [1.165, 1.54) is 41.6 Å². The fourth-order valence-corrected chi connectivity index (χ4v) is 2.69. The Morgan fingerprint density at radius 1 is 1.14 bits per heavy atom. The van der Waals surface area contributed by atoms with Gasteiger partial charge in [-0.3, -0.25) is 14.9 Å². The highest BCUT2D eigenvalue weighted by atomic mass is 16.6. The van der Waals surface area contributed by atoms with Crippen molar-refractivity contribution in [2.24, 2.45) is 0 Å². The van der Waals surface area contributed by atoms with Crippen LogP contribution in [0.5, 0.6) is 0 Å². The van der Waals surface area contributed by atoms with Gasteiger partial charge in [0, 0.05) is 28.8 Å². The molecule has 0 saturated heterocycles. The predicted molar refractivity (Wildman–Crippen MR) is 98.5 cm³/mol. The summed E-state index contributed by atoms with van der Waals surface area (Å²) in [5, 5.41) is 18.6. The molecule has 1 N–H and O–H groups in total. The van der Waals surface area contributed by atoms with Gasteiger partial charge in [0.15, 0.2) is 0 Å². The van der Waals surface area contributed by atoms with Gasteiger partial charge in [-0.05, 0) is 36.4 Å². The Kier molecular flexibility index (Phi) is 4.13. The fraction of sp³-hybridized carbons (Fsp3) is 0. The van der Waals surface area contributed by atoms with E-state index in [-0.39, 0.29) is 16.9 Å². The van der Waals surface area contributed by atoms with Gasteiger partial charge in [-0.2, -0.15) is 5.10 Å². The number of fused-ring (bicyclic) bond motifs is 1. The van der Waals surface area contributed by atoms with Crippen molar-refractivity contribution in [3.63, 3.8) is 0 Å². The van der Waals surface area contributed by atoms with Gasteiger partial charge in [0.05, 0.1) is 4.92 Å². The third kappa shape index (κ3) is 3.21. The van der Waals surface area contributed by atoms with Crippen molar-refractivity contribution in [2.75, 3.05) is 5.32 Å². The van der Waals surface area contributed by atoms with E-state index >= 15 is 0 Å². The Balaban J connectivity index is 1.64. The van der Waals surface area contributed by atoms with Crippen LogP contribution in [0.2, 0.25) is 0 Å². The van der Waals surface area contributed by atoms with Crippen molar-refractivity contribution in [1.29, 1.82) is 0 Å². The number of nitrogens with one attached hydrogen (secondary N) is 1. The molecule has 0 bridgehead atoms. The van der Waals surface area contributed by atoms with Crippen molar-refractivity contribution in [3.05, 3.63) is 87.3 Å². The lowest BCUT2D eigenvalue weighted by molar-refractivity contribution is -0.384. The molecular weight excluding hydrogens is 366 g/mol. The van der Waals surface area contributed by atoms with Crippen molar-refractivity contribution >= 4 is 28.3 Å². The van der Waals surface area contributed by atoms with Crippen LogP contribution < -0.4 is 10.9 Å². The molecule has 0 aliphatic heterocycles. The van der Waals surface area contributed by atoms with Crippen LogP contribution in [0, 0.1) is 10.1 Å². The second-order valence-electron chi connectivity index (χ2n) is 5.76. The number of anilines is 1. The number of rotatable bonds is 4. The largest absolute Gasteiger partial charge is 0.423 e. The molecule has 2 aromatic heterocycles. The molecule has 10 nitrogen and oxygen atoms in total. The summed E-state index contributed by atoms with van der Waals surface area (Å²) in [5.74, 6) is -0.523. The highest BCUT2D eigenvalue weighted by Crippen LogP contribution is 2.24. The first-order valence-electron chi connectivity index (χ1n) is 8.00. The van der Waals surface area contributed by atoms with E-state index in [0.717, 1.165) is 0 Å². The predicted octanol–water partition coefficient (Wildman–Crippen LogP) is 2.53. The normalized spacial score (nSPS) is 10.7. The smallest absolute Gasteiger partial charge is 0.336 e. The maximum absolute atomic E-state index is 12.5. The Morgan fingerprint density at radius 3 is 2.75 bits per heavy atom. The average Bonchev–Trinajstić information content (AvgIpc) is 3.22. The lowest BCUT2D eigenvalue weighted by Gasteiger charge is -2.08. The summed E-state index contributed by atoms with van der Waals surface area (Å²) < 4.78 is 6.29. The summed E-state index contributed by atoms with van der Waals surface area (Å²) in [5.41, 5.74) is 0.394. The Bertz CT molecular complexity index is 1260. The number of aromatic nitrogens is 3. The molecule has 0 aliphatic rings. The van der Waals surface area contributed by atoms with Gasteiger partial charge in [-0.25, -0.2) is 14.5 Å². The van der Waals surface area contributed by atoms with Crippen LogP contribution in [0.4, 0.5) is 11.4 Å². The van der Waals surface area contributed by atoms with Crippen molar-refractivity contribution in [1.82, 2.24) is 14.8 Å². The second kappa shape index (κ2) is 6.76. The summed E-state index contributed by atoms with van der Waals surface area (Å²) in [6, 6.07) is 11.7. The average molecular weight is 377 g/mol. The Morgan fingerprint density at radius 2 is 2.00 bits per heavy atom. The molecule has 0 unspecified atom stereocenters. The zero-order valence-electron chi connectivity index (χ0n) is 14.1. The molecule has 0 atom stereocenters. The molecule has 2 aromatic carbocycles. The molecule has 138 valence electrons. The van der Waals surface area contributed by atoms with E-state index in [1.54, 1.807) is 24.3 Å². The fourth-order valence-electron chi connectivity index (χ4n) is 2.69. The number of hydrogen-bond donors (Lipinski definition) is 1. The van der Waals surface area contributed by atoms with E-state index in [2.05, 4.69) is 15.4 Å². The number of carbonyl (C=O) groups is 1. The maximum Gasteiger partial charge on any atom is 0.336 e. The minimum absolute atomic E-state index is 0.107. The third-order valence-electron chi connectivity index (χ3n) is 3.98. The zero-order chi connectivity index (χ0) is 19.7. The third-order valence-corrected chi connectivity index (χ3v) is 3.98. The van der Waals surface area contributed by atoms with Gasteiger partial charge in [0.2, 0.25) is 0 Å². The number of nitro groups is 1. The van der Waals surface area contributed by atoms with Gasteiger partial charge in [-0.1, -0.05) is 0 Å². The van der Waals surface area contributed by atoms with E-state index in [0.29, 0.717) is 16.7 Å². The van der Waals surface area contributed by atoms with Gasteiger partial charge in [0.25, 0.3) is 11.6 Å². The first-order chi connectivity index (χ1) is 13.5. The van der Waals surface area contributed by atoms with Gasteiger partial charge in [-0.15, -0.1) is 0 Å². The number of benzene rings is 2. The molecule has 0 aliphatic carbocycles. The first kappa shape index (κ1) is 17.1. The van der Waals surface area contributed by atoms with Crippen LogP contribution in [-0.2, 0) is 0 Å². The van der Waals surface area contributed by atoms with Crippen LogP contribution in [0.1, 0.15) is 10.4 Å². The molecule has 4 aromatic rings. The Hall–Kier alpha value is -4.34. The minimum atomic E-state index is -0.591. The van der Waals surface area contributed by atoms with Crippen molar-refractivity contribution < 1.29 is 14.1 Å². The molecule has 0 spiro atoms. The standard InChI is InChI=1S/C18H11N5O5/c24-17-6-2-11-7-13(3-5-16(11)28-17)21-18(25)12-1-4-14(15(8-12)23(26)27)22-10-19-9-20-22/h1-10H,(H,21,25). The number of nitrogens with zero attached hydrogens (tertiary/aromatic N) is 4. The summed E-state index contributed by atoms with van der Waals surface area (Å²) in [7, 11) is 0. The van der Waals surface area contributed by atoms with Crippen LogP contribution >= 0.6 is 0 Å². The molecule has 4 rings (SSSR count). The number of hydrogen-bond acceptors (Lipinski definition) is 7. The van der Waals surface area contributed by atoms with E-state index in [9.17, 15) is 19.7 Å². The highest BCUT2D eigenvalue weighted by Gasteiger charge is 2.19. The zero-order valence-corrected chi connectivity index (χ0v) is 14.1. The topological polar surface area (TPSA) is 133 Å². The van der Waals surface area contributed by atoms with E-state index < -0.39 is 16.5 Å². The number of carbonyl (C=O) groups excluding carboxylic acids is 1. The van der Waals surface area contributed by atoms with Crippen molar-refractivity contribution in [3.8, 4) is 5.69 Å². The van der Waals surface area contributed by atoms with Crippen LogP contribution in [-0.4, -0.2) is 25.6 Å². The SMILES string of the molecule is O=C(Nc1ccc2oc(=O)ccc2c1)c1ccc(-n2cncn2)c([N+](=O)[O-])c1. The van der Waals surface area contributed by atoms with Crippen LogP contribution in [0.15, 0.2) is 70.4 Å². The van der Waals surface area contributed by atoms with Crippen molar-refractivity contribution in [2.45, 2.75) is 0 Å². The molecule has 0 radical (unpaired) electrons. The molecule has 1 amide bonds. The minimum Gasteiger partial charge on any atom is -0.423 e. The highest BCUT2D eigenvalue weighted by molar-refractivity contribution is 6.05. The van der Waals surface area contributed by atoms with E-state index in [1.807, 2.05) is 0 Å². The van der Waals surface area contributed by atoms with Gasteiger partial charge in [0.1, 0.15) is 23.9 Å². The quantitative estimate of drug-likeness (QED) is 0.328. The van der Waals surface area contributed by atoms with Gasteiger partial charge >= 0.3 is 5.63 Å². The lowest BCUT2D eigenvalue weighted by Crippen LogP contribution is -2.13. The molecule has 0 fully saturated rings. The first-order valence-corrected chi connectivity index (χ1v) is 8.00. The molecule has 10 heteroatoms. The summed E-state index contributed by atoms with van der Waals surface area (Å²) in [6.07, 6.45) is 2.59. The molecule has 28 heavy (non-hydrogen) atoms. The summed E-state index contributed by atoms with van der Waals surface area (Å²) >= 11 is 0. The number of nitro benzene ring substituents is 1. The number of amides is 1. The molecular formula is C18H11N5O5. The lowest BCUT2D eigenvalue weighted by atomic mass is 10.1. The maximum atomic E-state index is 12.5. The monoisotopic (exact) mass is 377 g/mol. The summed E-state index contributed by atoms with van der Waals surface area (Å²) in [6.45, 7) is 0. The van der Waals surface area contributed by atoms with Crippen LogP contribution in [0.3, 0.4) is 0 Å². The van der Waals surface area contributed by atoms with Gasteiger partial charge < -0.3 is 9.73 Å². The van der Waals surface area contributed by atoms with Crippen LogP contribution in [0.25, 0.3) is 16.7 Å². The van der Waals surface area contributed by atoms with E-state index in [4.69, 9.17) is 4.42 Å². The molecule has 0 saturated carbocycles. The molecule has 2 heterocycles.